The second-order valence-electron chi connectivity index (χ2n) is 6.98. The number of carbonyl (C=O) groups is 2. The van der Waals surface area contributed by atoms with Gasteiger partial charge >= 0.3 is 5.97 Å². The van der Waals surface area contributed by atoms with Gasteiger partial charge in [-0.2, -0.15) is 0 Å². The van der Waals surface area contributed by atoms with Crippen LogP contribution in [-0.4, -0.2) is 26.5 Å². The number of aromatic nitrogens is 2. The standard InChI is InChI=1S/C22H14Cl2FN3O4/c23-17(18(24)22(31)32)20(29)26-14-5-6-15-16(10-14)27-19-12(7-8-28(19)21(15)30)9-11-1-3-13(25)4-2-11/h1-6,9-10H,7-8H2,(H,26,29)(H,31,32)/b12-9+,18-17-. The number of amides is 1. The summed E-state index contributed by atoms with van der Waals surface area (Å²) < 4.78 is 14.7. The Morgan fingerprint density at radius 1 is 1.12 bits per heavy atom. The molecule has 32 heavy (non-hydrogen) atoms. The van der Waals surface area contributed by atoms with Gasteiger partial charge in [-0.3, -0.25) is 14.2 Å². The number of fused-ring (bicyclic) bond motifs is 2. The zero-order chi connectivity index (χ0) is 23.0. The van der Waals surface area contributed by atoms with Crippen LogP contribution in [0.15, 0.2) is 57.3 Å². The van der Waals surface area contributed by atoms with Crippen molar-refractivity contribution in [2.24, 2.45) is 0 Å². The van der Waals surface area contributed by atoms with Crippen molar-refractivity contribution < 1.29 is 19.1 Å². The smallest absolute Gasteiger partial charge is 0.349 e. The highest BCUT2D eigenvalue weighted by atomic mass is 35.5. The lowest BCUT2D eigenvalue weighted by atomic mass is 10.1. The molecule has 2 N–H and O–H groups in total. The molecule has 0 aliphatic carbocycles. The summed E-state index contributed by atoms with van der Waals surface area (Å²) in [6, 6.07) is 10.5. The van der Waals surface area contributed by atoms with Crippen LogP contribution in [0.4, 0.5) is 10.1 Å². The maximum atomic E-state index is 13.2. The molecule has 0 bridgehead atoms. The lowest BCUT2D eigenvalue weighted by Crippen LogP contribution is -2.21. The van der Waals surface area contributed by atoms with Crippen LogP contribution in [0.2, 0.25) is 0 Å². The molecule has 7 nitrogen and oxygen atoms in total. The lowest BCUT2D eigenvalue weighted by molar-refractivity contribution is -0.132. The molecular formula is C22H14Cl2FN3O4. The van der Waals surface area contributed by atoms with Crippen LogP contribution >= 0.6 is 23.2 Å². The Hall–Kier alpha value is -3.49. The number of rotatable bonds is 4. The summed E-state index contributed by atoms with van der Waals surface area (Å²) in [5.41, 5.74) is 1.98. The zero-order valence-corrected chi connectivity index (χ0v) is 17.7. The van der Waals surface area contributed by atoms with Crippen molar-refractivity contribution in [2.75, 3.05) is 5.32 Å². The van der Waals surface area contributed by atoms with Gasteiger partial charge in [0.25, 0.3) is 11.5 Å². The van der Waals surface area contributed by atoms with Crippen molar-refractivity contribution in [1.82, 2.24) is 9.55 Å². The third-order valence-corrected chi connectivity index (χ3v) is 5.70. The molecule has 3 aromatic rings. The number of halogens is 3. The van der Waals surface area contributed by atoms with E-state index in [1.54, 1.807) is 16.7 Å². The number of benzene rings is 2. The van der Waals surface area contributed by atoms with Gasteiger partial charge in [0, 0.05) is 12.2 Å². The molecular weight excluding hydrogens is 460 g/mol. The van der Waals surface area contributed by atoms with E-state index in [2.05, 4.69) is 10.3 Å². The van der Waals surface area contributed by atoms with Crippen molar-refractivity contribution in [3.05, 3.63) is 80.1 Å². The minimum atomic E-state index is -1.53. The van der Waals surface area contributed by atoms with E-state index in [9.17, 15) is 18.8 Å². The number of hydrogen-bond acceptors (Lipinski definition) is 4. The summed E-state index contributed by atoms with van der Waals surface area (Å²) in [5.74, 6) is -2.29. The van der Waals surface area contributed by atoms with E-state index in [0.717, 1.165) is 11.1 Å². The van der Waals surface area contributed by atoms with Crippen molar-refractivity contribution in [3.8, 4) is 0 Å². The number of nitrogens with one attached hydrogen (secondary N) is 1. The van der Waals surface area contributed by atoms with E-state index in [1.165, 1.54) is 30.3 Å². The van der Waals surface area contributed by atoms with E-state index >= 15 is 0 Å². The summed E-state index contributed by atoms with van der Waals surface area (Å²) in [6.45, 7) is 0.469. The van der Waals surface area contributed by atoms with Gasteiger partial charge in [0.1, 0.15) is 21.7 Å². The van der Waals surface area contributed by atoms with Crippen molar-refractivity contribution in [1.29, 1.82) is 0 Å². The van der Waals surface area contributed by atoms with Crippen LogP contribution in [0, 0.1) is 5.82 Å². The first-order valence-electron chi connectivity index (χ1n) is 9.35. The summed E-state index contributed by atoms with van der Waals surface area (Å²) in [6.07, 6.45) is 2.44. The maximum absolute atomic E-state index is 13.2. The molecule has 0 saturated heterocycles. The molecule has 2 heterocycles. The van der Waals surface area contributed by atoms with E-state index in [-0.39, 0.29) is 17.1 Å². The molecule has 0 saturated carbocycles. The molecule has 1 aliphatic rings. The molecule has 4 rings (SSSR count). The Balaban J connectivity index is 1.72. The maximum Gasteiger partial charge on any atom is 0.349 e. The van der Waals surface area contributed by atoms with Gasteiger partial charge in [-0.05, 0) is 54.0 Å². The van der Waals surface area contributed by atoms with Gasteiger partial charge < -0.3 is 10.4 Å². The minimum absolute atomic E-state index is 0.225. The Morgan fingerprint density at radius 3 is 2.53 bits per heavy atom. The molecule has 0 spiro atoms. The number of anilines is 1. The highest BCUT2D eigenvalue weighted by molar-refractivity contribution is 6.54. The summed E-state index contributed by atoms with van der Waals surface area (Å²) in [4.78, 5) is 40.5. The number of hydrogen-bond donors (Lipinski definition) is 2. The molecule has 0 atom stereocenters. The quantitative estimate of drug-likeness (QED) is 0.553. The number of aliphatic carboxylic acids is 1. The molecule has 1 aromatic heterocycles. The van der Waals surface area contributed by atoms with Gasteiger partial charge in [0.15, 0.2) is 0 Å². The highest BCUT2D eigenvalue weighted by Crippen LogP contribution is 2.28. The third-order valence-electron chi connectivity index (χ3n) is 4.90. The topological polar surface area (TPSA) is 101 Å². The van der Waals surface area contributed by atoms with Crippen molar-refractivity contribution >= 4 is 63.3 Å². The number of carbonyl (C=O) groups excluding carboxylic acids is 1. The van der Waals surface area contributed by atoms with Crippen LogP contribution in [0.1, 0.15) is 17.8 Å². The first-order valence-corrected chi connectivity index (χ1v) is 10.1. The van der Waals surface area contributed by atoms with Crippen LogP contribution < -0.4 is 10.9 Å². The Kier molecular flexibility index (Phi) is 5.82. The van der Waals surface area contributed by atoms with E-state index < -0.39 is 21.9 Å². The molecule has 1 amide bonds. The second kappa shape index (κ2) is 8.57. The van der Waals surface area contributed by atoms with Crippen LogP contribution in [0.25, 0.3) is 22.6 Å². The van der Waals surface area contributed by atoms with Crippen LogP contribution in [0.3, 0.4) is 0 Å². The van der Waals surface area contributed by atoms with Gasteiger partial charge in [-0.15, -0.1) is 0 Å². The molecule has 162 valence electrons. The van der Waals surface area contributed by atoms with Gasteiger partial charge in [0.05, 0.1) is 10.9 Å². The van der Waals surface area contributed by atoms with Gasteiger partial charge in [-0.1, -0.05) is 35.3 Å². The lowest BCUT2D eigenvalue weighted by Gasteiger charge is -2.09. The summed E-state index contributed by atoms with van der Waals surface area (Å²) in [7, 11) is 0. The average Bonchev–Trinajstić information content (AvgIpc) is 3.16. The van der Waals surface area contributed by atoms with Gasteiger partial charge in [0.2, 0.25) is 0 Å². The second-order valence-corrected chi connectivity index (χ2v) is 7.74. The first-order chi connectivity index (χ1) is 15.2. The Labute approximate surface area is 190 Å². The minimum Gasteiger partial charge on any atom is -0.477 e. The van der Waals surface area contributed by atoms with E-state index in [1.807, 2.05) is 6.08 Å². The number of carboxylic acid groups (broad SMARTS) is 1. The predicted molar refractivity (Wildman–Crippen MR) is 120 cm³/mol. The molecule has 1 aliphatic heterocycles. The number of nitrogens with zero attached hydrogens (tertiary/aromatic N) is 2. The highest BCUT2D eigenvalue weighted by Gasteiger charge is 2.22. The normalized spacial score (nSPS) is 14.9. The fourth-order valence-corrected chi connectivity index (χ4v) is 3.59. The van der Waals surface area contributed by atoms with E-state index in [4.69, 9.17) is 28.3 Å². The molecule has 2 aromatic carbocycles. The van der Waals surface area contributed by atoms with Crippen molar-refractivity contribution in [3.63, 3.8) is 0 Å². The van der Waals surface area contributed by atoms with Crippen LogP contribution in [0.5, 0.6) is 0 Å². The largest absolute Gasteiger partial charge is 0.477 e. The predicted octanol–water partition coefficient (Wildman–Crippen LogP) is 4.19. The first kappa shape index (κ1) is 21.7. The molecule has 10 heteroatoms. The summed E-state index contributed by atoms with van der Waals surface area (Å²) >= 11 is 11.2. The van der Waals surface area contributed by atoms with Gasteiger partial charge in [-0.25, -0.2) is 14.2 Å². The molecule has 0 radical (unpaired) electrons. The van der Waals surface area contributed by atoms with Crippen LogP contribution in [-0.2, 0) is 16.1 Å². The average molecular weight is 474 g/mol. The molecule has 0 unspecified atom stereocenters. The Bertz CT molecular complexity index is 1390. The van der Waals surface area contributed by atoms with Crippen molar-refractivity contribution in [2.45, 2.75) is 13.0 Å². The summed E-state index contributed by atoms with van der Waals surface area (Å²) in [5, 5.41) is 10.2. The molecule has 0 fully saturated rings. The number of allylic oxidation sites excluding steroid dienone is 1. The van der Waals surface area contributed by atoms with E-state index in [0.29, 0.717) is 29.7 Å². The third kappa shape index (κ3) is 4.15. The number of carboxylic acids is 1. The fourth-order valence-electron chi connectivity index (χ4n) is 3.37. The SMILES string of the molecule is O=C(O)/C(Cl)=C(/Cl)C(=O)Nc1ccc2c(=O)n3c(nc2c1)/C(=C/c1ccc(F)cc1)CC3. The monoisotopic (exact) mass is 473 g/mol. The zero-order valence-electron chi connectivity index (χ0n) is 16.2. The Morgan fingerprint density at radius 2 is 1.84 bits per heavy atom. The fraction of sp³-hybridized carbons (Fsp3) is 0.0909.